The first-order chi connectivity index (χ1) is 13.0. The van der Waals surface area contributed by atoms with Crippen LogP contribution < -0.4 is 5.32 Å². The van der Waals surface area contributed by atoms with Gasteiger partial charge < -0.3 is 5.32 Å². The molecule has 2 aliphatic rings. The fourth-order valence-corrected chi connectivity index (χ4v) is 3.53. The third-order valence-electron chi connectivity index (χ3n) is 5.31. The number of imide groups is 1. The standard InChI is InChI=1S/C21H22FN3O2/c1-21(16-5-3-2-4-6-16)19(26)25(20(27)23-21)14-24(18-11-12-18)13-15-7-9-17(22)10-8-15/h2-10,18H,11-14H2,1H3,(H,23,27)/t21-/m1/s1. The van der Waals surface area contributed by atoms with Gasteiger partial charge in [0.2, 0.25) is 0 Å². The first kappa shape index (κ1) is 17.7. The molecular weight excluding hydrogens is 345 g/mol. The molecule has 0 spiro atoms. The molecule has 2 aromatic rings. The van der Waals surface area contributed by atoms with Gasteiger partial charge in [0.25, 0.3) is 5.91 Å². The van der Waals surface area contributed by atoms with Crippen LogP contribution in [0.4, 0.5) is 9.18 Å². The molecule has 27 heavy (non-hydrogen) atoms. The van der Waals surface area contributed by atoms with Crippen LogP contribution >= 0.6 is 0 Å². The molecule has 1 saturated heterocycles. The van der Waals surface area contributed by atoms with Gasteiger partial charge in [-0.15, -0.1) is 0 Å². The van der Waals surface area contributed by atoms with Crippen LogP contribution in [0.25, 0.3) is 0 Å². The van der Waals surface area contributed by atoms with Crippen LogP contribution in [0.2, 0.25) is 0 Å². The minimum absolute atomic E-state index is 0.231. The van der Waals surface area contributed by atoms with Crippen LogP contribution in [0.1, 0.15) is 30.9 Å². The Morgan fingerprint density at radius 2 is 1.78 bits per heavy atom. The second-order valence-corrected chi connectivity index (χ2v) is 7.40. The van der Waals surface area contributed by atoms with Gasteiger partial charge in [0.05, 0.1) is 6.67 Å². The quantitative estimate of drug-likeness (QED) is 0.798. The molecular formula is C21H22FN3O2. The number of halogens is 1. The average molecular weight is 367 g/mol. The van der Waals surface area contributed by atoms with Gasteiger partial charge in [-0.25, -0.2) is 14.1 Å². The highest BCUT2D eigenvalue weighted by Crippen LogP contribution is 2.32. The summed E-state index contributed by atoms with van der Waals surface area (Å²) in [5.74, 6) is -0.520. The molecule has 1 atom stereocenters. The molecule has 0 bridgehead atoms. The molecule has 3 amide bonds. The Labute approximate surface area is 157 Å². The molecule has 2 fully saturated rings. The van der Waals surface area contributed by atoms with Crippen LogP contribution in [0.5, 0.6) is 0 Å². The second-order valence-electron chi connectivity index (χ2n) is 7.40. The number of carbonyl (C=O) groups is 2. The highest BCUT2D eigenvalue weighted by atomic mass is 19.1. The lowest BCUT2D eigenvalue weighted by molar-refractivity contribution is -0.132. The molecule has 1 aliphatic carbocycles. The van der Waals surface area contributed by atoms with Crippen molar-refractivity contribution in [2.75, 3.05) is 6.67 Å². The van der Waals surface area contributed by atoms with Crippen LogP contribution in [0.15, 0.2) is 54.6 Å². The fourth-order valence-electron chi connectivity index (χ4n) is 3.53. The van der Waals surface area contributed by atoms with Crippen molar-refractivity contribution < 1.29 is 14.0 Å². The number of nitrogens with zero attached hydrogens (tertiary/aromatic N) is 2. The Kier molecular flexibility index (Phi) is 4.44. The summed E-state index contributed by atoms with van der Waals surface area (Å²) in [7, 11) is 0. The number of hydrogen-bond donors (Lipinski definition) is 1. The zero-order valence-corrected chi connectivity index (χ0v) is 15.2. The minimum Gasteiger partial charge on any atom is -0.319 e. The third-order valence-corrected chi connectivity index (χ3v) is 5.31. The Morgan fingerprint density at radius 3 is 2.41 bits per heavy atom. The van der Waals surface area contributed by atoms with E-state index in [9.17, 15) is 14.0 Å². The van der Waals surface area contributed by atoms with Crippen LogP contribution in [-0.4, -0.2) is 34.4 Å². The highest BCUT2D eigenvalue weighted by molar-refractivity contribution is 6.07. The summed E-state index contributed by atoms with van der Waals surface area (Å²) in [4.78, 5) is 29.0. The van der Waals surface area contributed by atoms with Crippen molar-refractivity contribution in [3.63, 3.8) is 0 Å². The average Bonchev–Trinajstić information content (AvgIpc) is 3.48. The molecule has 1 heterocycles. The van der Waals surface area contributed by atoms with Crippen molar-refractivity contribution in [1.29, 1.82) is 0 Å². The van der Waals surface area contributed by atoms with Gasteiger partial charge in [0, 0.05) is 12.6 Å². The van der Waals surface area contributed by atoms with Crippen molar-refractivity contribution in [3.8, 4) is 0 Å². The van der Waals surface area contributed by atoms with Gasteiger partial charge in [0.1, 0.15) is 11.4 Å². The number of rotatable bonds is 6. The molecule has 2 aromatic carbocycles. The first-order valence-electron chi connectivity index (χ1n) is 9.15. The number of benzene rings is 2. The smallest absolute Gasteiger partial charge is 0.319 e. The van der Waals surface area contributed by atoms with E-state index < -0.39 is 5.54 Å². The van der Waals surface area contributed by atoms with Gasteiger partial charge >= 0.3 is 6.03 Å². The topological polar surface area (TPSA) is 52.7 Å². The predicted octanol–water partition coefficient (Wildman–Crippen LogP) is 3.21. The molecule has 5 nitrogen and oxygen atoms in total. The Balaban J connectivity index is 1.52. The Morgan fingerprint density at radius 1 is 1.11 bits per heavy atom. The van der Waals surface area contributed by atoms with E-state index in [0.29, 0.717) is 12.6 Å². The zero-order chi connectivity index (χ0) is 19.0. The predicted molar refractivity (Wildman–Crippen MR) is 99.0 cm³/mol. The summed E-state index contributed by atoms with van der Waals surface area (Å²) in [6.07, 6.45) is 2.08. The maximum Gasteiger partial charge on any atom is 0.326 e. The summed E-state index contributed by atoms with van der Waals surface area (Å²) in [6, 6.07) is 15.6. The number of hydrogen-bond acceptors (Lipinski definition) is 3. The number of carbonyl (C=O) groups excluding carboxylic acids is 2. The van der Waals surface area contributed by atoms with Gasteiger partial charge in [-0.3, -0.25) is 9.69 Å². The summed E-state index contributed by atoms with van der Waals surface area (Å²) in [5.41, 5.74) is 0.673. The van der Waals surface area contributed by atoms with E-state index in [0.717, 1.165) is 24.0 Å². The lowest BCUT2D eigenvalue weighted by Gasteiger charge is -2.27. The van der Waals surface area contributed by atoms with Gasteiger partial charge in [0.15, 0.2) is 0 Å². The van der Waals surface area contributed by atoms with E-state index in [1.165, 1.54) is 17.0 Å². The van der Waals surface area contributed by atoms with Gasteiger partial charge in [-0.1, -0.05) is 42.5 Å². The van der Waals surface area contributed by atoms with Crippen molar-refractivity contribution >= 4 is 11.9 Å². The molecule has 0 unspecified atom stereocenters. The highest BCUT2D eigenvalue weighted by Gasteiger charge is 2.49. The van der Waals surface area contributed by atoms with E-state index in [-0.39, 0.29) is 24.4 Å². The normalized spacial score (nSPS) is 22.4. The van der Waals surface area contributed by atoms with Gasteiger partial charge in [-0.05, 0) is 43.0 Å². The van der Waals surface area contributed by atoms with Crippen LogP contribution in [0.3, 0.4) is 0 Å². The van der Waals surface area contributed by atoms with E-state index in [2.05, 4.69) is 10.2 Å². The molecule has 6 heteroatoms. The maximum atomic E-state index is 13.2. The zero-order valence-electron chi connectivity index (χ0n) is 15.2. The number of amides is 3. The van der Waals surface area contributed by atoms with Crippen molar-refractivity contribution in [2.24, 2.45) is 0 Å². The molecule has 0 aromatic heterocycles. The van der Waals surface area contributed by atoms with Crippen molar-refractivity contribution in [1.82, 2.24) is 15.1 Å². The minimum atomic E-state index is -1.05. The monoisotopic (exact) mass is 367 g/mol. The molecule has 140 valence electrons. The summed E-state index contributed by atoms with van der Waals surface area (Å²) in [5, 5.41) is 2.84. The van der Waals surface area contributed by atoms with E-state index in [1.807, 2.05) is 30.3 Å². The second kappa shape index (κ2) is 6.78. The van der Waals surface area contributed by atoms with Crippen molar-refractivity contribution in [3.05, 3.63) is 71.5 Å². The van der Waals surface area contributed by atoms with E-state index >= 15 is 0 Å². The third kappa shape index (κ3) is 3.45. The van der Waals surface area contributed by atoms with Gasteiger partial charge in [-0.2, -0.15) is 0 Å². The SMILES string of the molecule is C[C@]1(c2ccccc2)NC(=O)N(CN(Cc2ccc(F)cc2)C2CC2)C1=O. The lowest BCUT2D eigenvalue weighted by atomic mass is 9.92. The van der Waals surface area contributed by atoms with E-state index in [4.69, 9.17) is 0 Å². The first-order valence-corrected chi connectivity index (χ1v) is 9.15. The largest absolute Gasteiger partial charge is 0.326 e. The summed E-state index contributed by atoms with van der Waals surface area (Å²) in [6.45, 7) is 2.54. The number of nitrogens with one attached hydrogen (secondary N) is 1. The molecule has 1 aliphatic heterocycles. The maximum absolute atomic E-state index is 13.2. The fraction of sp³-hybridized carbons (Fsp3) is 0.333. The van der Waals surface area contributed by atoms with Crippen molar-refractivity contribution in [2.45, 2.75) is 37.9 Å². The van der Waals surface area contributed by atoms with Crippen LogP contribution in [-0.2, 0) is 16.9 Å². The lowest BCUT2D eigenvalue weighted by Crippen LogP contribution is -2.44. The summed E-state index contributed by atoms with van der Waals surface area (Å²) < 4.78 is 13.2. The molecule has 0 radical (unpaired) electrons. The van der Waals surface area contributed by atoms with E-state index in [1.54, 1.807) is 19.1 Å². The number of urea groups is 1. The molecule has 1 N–H and O–H groups in total. The molecule has 4 rings (SSSR count). The Bertz CT molecular complexity index is 851. The van der Waals surface area contributed by atoms with Crippen LogP contribution in [0, 0.1) is 5.82 Å². The Hall–Kier alpha value is -2.73. The summed E-state index contributed by atoms with van der Waals surface area (Å²) >= 11 is 0. The molecule has 1 saturated carbocycles.